The highest BCUT2D eigenvalue weighted by atomic mass is 35.5. The lowest BCUT2D eigenvalue weighted by molar-refractivity contribution is -0.897. The number of halogens is 2. The summed E-state index contributed by atoms with van der Waals surface area (Å²) in [4.78, 5) is 13.7. The lowest BCUT2D eigenvalue weighted by Crippen LogP contribution is -3.14. The Morgan fingerprint density at radius 3 is 2.86 bits per heavy atom. The first kappa shape index (κ1) is 19.6. The number of amides is 1. The van der Waals surface area contributed by atoms with Crippen molar-refractivity contribution >= 4 is 34.2 Å². The second-order valence-corrected chi connectivity index (χ2v) is 7.65. The summed E-state index contributed by atoms with van der Waals surface area (Å²) in [6.07, 6.45) is 1.75. The lowest BCUT2D eigenvalue weighted by atomic mass is 10.0. The maximum absolute atomic E-state index is 13.4. The topological polar surface area (TPSA) is 73.5 Å². The minimum absolute atomic E-state index is 0.0827. The molecular formula is C20H22ClFN5O2+. The van der Waals surface area contributed by atoms with Crippen LogP contribution >= 0.6 is 11.6 Å². The number of benzene rings is 2. The number of methoxy groups -OCH3 is 1. The standard InChI is InChI=1S/C20H21ClFN5O2/c1-29-19-5-2-13(21)10-17(19)23-20(28)12-26-8-6-15(7-9-26)27-18-4-3-14(22)11-16(18)24-25-27/h2-5,10-11,15H,6-9,12H2,1H3,(H,23,28)/p+1. The molecule has 1 aromatic heterocycles. The van der Waals surface area contributed by atoms with E-state index in [1.807, 2.05) is 4.68 Å². The van der Waals surface area contributed by atoms with E-state index in [1.54, 1.807) is 31.4 Å². The maximum atomic E-state index is 13.4. The number of fused-ring (bicyclic) bond motifs is 1. The average molecular weight is 419 g/mol. The van der Waals surface area contributed by atoms with E-state index in [9.17, 15) is 9.18 Å². The van der Waals surface area contributed by atoms with Crippen LogP contribution in [-0.4, -0.2) is 47.6 Å². The summed E-state index contributed by atoms with van der Waals surface area (Å²) in [5, 5.41) is 11.7. The summed E-state index contributed by atoms with van der Waals surface area (Å²) in [5.41, 5.74) is 1.97. The molecule has 1 saturated heterocycles. The zero-order valence-electron chi connectivity index (χ0n) is 16.0. The third kappa shape index (κ3) is 4.33. The van der Waals surface area contributed by atoms with Gasteiger partial charge in [0.15, 0.2) is 6.54 Å². The van der Waals surface area contributed by atoms with Crippen LogP contribution in [0.2, 0.25) is 5.02 Å². The first-order valence-corrected chi connectivity index (χ1v) is 9.88. The van der Waals surface area contributed by atoms with Crippen LogP contribution in [0.3, 0.4) is 0 Å². The van der Waals surface area contributed by atoms with Crippen LogP contribution in [0.1, 0.15) is 18.9 Å². The van der Waals surface area contributed by atoms with E-state index in [-0.39, 0.29) is 17.8 Å². The van der Waals surface area contributed by atoms with E-state index >= 15 is 0 Å². The highest BCUT2D eigenvalue weighted by Gasteiger charge is 2.27. The Morgan fingerprint density at radius 2 is 2.10 bits per heavy atom. The molecule has 9 heteroatoms. The molecule has 2 aromatic carbocycles. The number of rotatable bonds is 5. The number of carbonyl (C=O) groups is 1. The number of likely N-dealkylation sites (tertiary alicyclic amines) is 1. The predicted octanol–water partition coefficient (Wildman–Crippen LogP) is 2.09. The zero-order chi connectivity index (χ0) is 20.4. The number of piperidine rings is 1. The number of quaternary nitrogens is 1. The van der Waals surface area contributed by atoms with E-state index in [4.69, 9.17) is 16.3 Å². The molecule has 3 aromatic rings. The number of ether oxygens (including phenoxy) is 1. The van der Waals surface area contributed by atoms with Crippen molar-refractivity contribution in [2.75, 3.05) is 32.1 Å². The van der Waals surface area contributed by atoms with Crippen molar-refractivity contribution in [3.05, 3.63) is 47.2 Å². The molecule has 0 spiro atoms. The molecule has 0 atom stereocenters. The van der Waals surface area contributed by atoms with Crippen molar-refractivity contribution in [1.29, 1.82) is 0 Å². The molecule has 0 aliphatic carbocycles. The van der Waals surface area contributed by atoms with Gasteiger partial charge in [-0.05, 0) is 30.3 Å². The summed E-state index contributed by atoms with van der Waals surface area (Å²) in [7, 11) is 1.55. The normalized spacial score (nSPS) is 19.3. The molecule has 0 bridgehead atoms. The fourth-order valence-corrected chi connectivity index (χ4v) is 3.99. The third-order valence-corrected chi connectivity index (χ3v) is 5.52. The van der Waals surface area contributed by atoms with Crippen LogP contribution in [0.15, 0.2) is 36.4 Å². The van der Waals surface area contributed by atoms with E-state index in [1.165, 1.54) is 17.0 Å². The van der Waals surface area contributed by atoms with E-state index in [0.717, 1.165) is 31.4 Å². The Hall–Kier alpha value is -2.71. The summed E-state index contributed by atoms with van der Waals surface area (Å²) >= 11 is 6.02. The first-order valence-electron chi connectivity index (χ1n) is 9.51. The van der Waals surface area contributed by atoms with Gasteiger partial charge in [-0.3, -0.25) is 4.79 Å². The van der Waals surface area contributed by atoms with Crippen molar-refractivity contribution in [3.63, 3.8) is 0 Å². The molecule has 2 heterocycles. The van der Waals surface area contributed by atoms with Crippen LogP contribution in [-0.2, 0) is 4.79 Å². The van der Waals surface area contributed by atoms with Gasteiger partial charge >= 0.3 is 0 Å². The fraction of sp³-hybridized carbons (Fsp3) is 0.350. The number of anilines is 1. The zero-order valence-corrected chi connectivity index (χ0v) is 16.7. The highest BCUT2D eigenvalue weighted by Crippen LogP contribution is 2.27. The van der Waals surface area contributed by atoms with Gasteiger partial charge in [-0.15, -0.1) is 5.10 Å². The summed E-state index contributed by atoms with van der Waals surface area (Å²) in [6, 6.07) is 9.86. The van der Waals surface area contributed by atoms with Crippen molar-refractivity contribution in [1.82, 2.24) is 15.0 Å². The molecule has 1 aliphatic rings. The number of nitrogens with one attached hydrogen (secondary N) is 2. The van der Waals surface area contributed by atoms with E-state index in [0.29, 0.717) is 28.5 Å². The third-order valence-electron chi connectivity index (χ3n) is 5.29. The van der Waals surface area contributed by atoms with Gasteiger partial charge in [0.25, 0.3) is 5.91 Å². The number of carbonyl (C=O) groups excluding carboxylic acids is 1. The van der Waals surface area contributed by atoms with Crippen molar-refractivity contribution in [2.24, 2.45) is 0 Å². The van der Waals surface area contributed by atoms with Gasteiger partial charge in [0, 0.05) is 23.9 Å². The Balaban J connectivity index is 1.35. The quantitative estimate of drug-likeness (QED) is 0.665. The molecule has 152 valence electrons. The monoisotopic (exact) mass is 418 g/mol. The largest absolute Gasteiger partial charge is 0.495 e. The highest BCUT2D eigenvalue weighted by molar-refractivity contribution is 6.31. The minimum atomic E-state index is -0.314. The first-order chi connectivity index (χ1) is 14.0. The fourth-order valence-electron chi connectivity index (χ4n) is 3.82. The molecule has 0 radical (unpaired) electrons. The molecule has 1 fully saturated rings. The van der Waals surface area contributed by atoms with Crippen LogP contribution in [0.25, 0.3) is 11.0 Å². The molecule has 7 nitrogen and oxygen atoms in total. The van der Waals surface area contributed by atoms with E-state index in [2.05, 4.69) is 15.6 Å². The number of hydrogen-bond acceptors (Lipinski definition) is 4. The van der Waals surface area contributed by atoms with Gasteiger partial charge in [-0.2, -0.15) is 0 Å². The number of aromatic nitrogens is 3. The molecule has 2 N–H and O–H groups in total. The summed E-state index contributed by atoms with van der Waals surface area (Å²) in [5.74, 6) is 0.179. The molecule has 0 saturated carbocycles. The Bertz CT molecular complexity index is 1030. The number of nitrogens with zero attached hydrogens (tertiary/aromatic N) is 3. The Kier molecular flexibility index (Phi) is 5.64. The molecule has 0 unspecified atom stereocenters. The van der Waals surface area contributed by atoms with Gasteiger partial charge in [0.1, 0.15) is 17.1 Å². The van der Waals surface area contributed by atoms with Crippen molar-refractivity contribution in [2.45, 2.75) is 18.9 Å². The number of hydrogen-bond donors (Lipinski definition) is 2. The minimum Gasteiger partial charge on any atom is -0.495 e. The maximum Gasteiger partial charge on any atom is 0.279 e. The van der Waals surface area contributed by atoms with Crippen molar-refractivity contribution < 1.29 is 18.8 Å². The van der Waals surface area contributed by atoms with Crippen LogP contribution < -0.4 is 15.0 Å². The van der Waals surface area contributed by atoms with Gasteiger partial charge in [-0.25, -0.2) is 9.07 Å². The van der Waals surface area contributed by atoms with E-state index < -0.39 is 0 Å². The molecular weight excluding hydrogens is 397 g/mol. The second-order valence-electron chi connectivity index (χ2n) is 7.22. The van der Waals surface area contributed by atoms with Gasteiger partial charge in [-0.1, -0.05) is 16.8 Å². The smallest absolute Gasteiger partial charge is 0.279 e. The summed E-state index contributed by atoms with van der Waals surface area (Å²) in [6.45, 7) is 2.05. The average Bonchev–Trinajstić information content (AvgIpc) is 3.11. The SMILES string of the molecule is COc1ccc(Cl)cc1NC(=O)C[NH+]1CCC(n2nnc3cc(F)ccc32)CC1. The molecule has 1 amide bonds. The van der Waals surface area contributed by atoms with Crippen LogP contribution in [0.5, 0.6) is 5.75 Å². The predicted molar refractivity (Wildman–Crippen MR) is 108 cm³/mol. The van der Waals surface area contributed by atoms with Gasteiger partial charge < -0.3 is 15.0 Å². The van der Waals surface area contributed by atoms with Crippen LogP contribution in [0.4, 0.5) is 10.1 Å². The van der Waals surface area contributed by atoms with Gasteiger partial charge in [0.2, 0.25) is 0 Å². The lowest BCUT2D eigenvalue weighted by Gasteiger charge is -2.29. The molecule has 29 heavy (non-hydrogen) atoms. The summed E-state index contributed by atoms with van der Waals surface area (Å²) < 4.78 is 20.5. The van der Waals surface area contributed by atoms with Crippen molar-refractivity contribution in [3.8, 4) is 5.75 Å². The van der Waals surface area contributed by atoms with Gasteiger partial charge in [0.05, 0.1) is 37.4 Å². The Morgan fingerprint density at radius 1 is 1.31 bits per heavy atom. The molecule has 4 rings (SSSR count). The van der Waals surface area contributed by atoms with Crippen LogP contribution in [0, 0.1) is 5.82 Å². The Labute approximate surface area is 172 Å². The second kappa shape index (κ2) is 8.34. The molecule has 1 aliphatic heterocycles.